The van der Waals surface area contributed by atoms with E-state index in [1.807, 2.05) is 6.07 Å². The molecular formula is C44H37N3O10. The number of hydrogen-bond acceptors (Lipinski definition) is 9. The van der Waals surface area contributed by atoms with Gasteiger partial charge in [0.1, 0.15) is 12.4 Å². The molecule has 1 aromatic heterocycles. The van der Waals surface area contributed by atoms with Crippen molar-refractivity contribution in [3.05, 3.63) is 179 Å². The van der Waals surface area contributed by atoms with Crippen molar-refractivity contribution in [1.82, 2.24) is 0 Å². The summed E-state index contributed by atoms with van der Waals surface area (Å²) in [5.41, 5.74) is 3.73. The highest BCUT2D eigenvalue weighted by Crippen LogP contribution is 2.21. The number of carboxylic acids is 1. The Morgan fingerprint density at radius 3 is 2.05 bits per heavy atom. The molecule has 13 heteroatoms. The van der Waals surface area contributed by atoms with E-state index in [2.05, 4.69) is 16.0 Å². The van der Waals surface area contributed by atoms with E-state index in [1.165, 1.54) is 24.5 Å². The number of benzene rings is 5. The van der Waals surface area contributed by atoms with E-state index in [1.54, 1.807) is 123 Å². The Balaban J connectivity index is 0.000000219. The van der Waals surface area contributed by atoms with Gasteiger partial charge in [-0.25, -0.2) is 14.4 Å². The van der Waals surface area contributed by atoms with Gasteiger partial charge in [-0.05, 0) is 109 Å². The summed E-state index contributed by atoms with van der Waals surface area (Å²) in [6.45, 7) is 3.40. The van der Waals surface area contributed by atoms with Crippen LogP contribution in [0.1, 0.15) is 76.5 Å². The van der Waals surface area contributed by atoms with E-state index in [0.717, 1.165) is 0 Å². The van der Waals surface area contributed by atoms with E-state index in [9.17, 15) is 33.9 Å². The number of amides is 3. The number of furan rings is 1. The van der Waals surface area contributed by atoms with Gasteiger partial charge in [0.15, 0.2) is 5.76 Å². The number of carboxylic acid groups (broad SMARTS) is 1. The number of hydrogen-bond donors (Lipinski definition) is 4. The fraction of sp³-hybridized carbons (Fsp3) is 0.0909. The second kappa shape index (κ2) is 19.5. The Morgan fingerprint density at radius 2 is 1.35 bits per heavy atom. The SMILES string of the molecule is CCC(=O)Nc1ccc(C(=O)OCc2cccc(C(=O)Oc3ccccc3)c2)cc1.Cc1c(NC(=O)c2cccc(NC(=O)c3ccco3)c2)cccc1C(=O)O. The lowest BCUT2D eigenvalue weighted by Gasteiger charge is -2.11. The predicted molar refractivity (Wildman–Crippen MR) is 212 cm³/mol. The van der Waals surface area contributed by atoms with Crippen LogP contribution in [-0.4, -0.2) is 40.7 Å². The monoisotopic (exact) mass is 767 g/mol. The number of anilines is 3. The quantitative estimate of drug-likeness (QED) is 0.0695. The summed E-state index contributed by atoms with van der Waals surface area (Å²) in [6.07, 6.45) is 1.77. The van der Waals surface area contributed by atoms with Crippen LogP contribution in [0.2, 0.25) is 0 Å². The van der Waals surface area contributed by atoms with Crippen molar-refractivity contribution < 1.29 is 47.8 Å². The van der Waals surface area contributed by atoms with Crippen molar-refractivity contribution >= 4 is 52.7 Å². The third kappa shape index (κ3) is 11.6. The number of rotatable bonds is 12. The van der Waals surface area contributed by atoms with Crippen molar-refractivity contribution in [2.75, 3.05) is 16.0 Å². The first-order valence-electron chi connectivity index (χ1n) is 17.5. The zero-order valence-electron chi connectivity index (χ0n) is 30.8. The molecule has 5 aromatic carbocycles. The number of esters is 2. The molecule has 0 atom stereocenters. The lowest BCUT2D eigenvalue weighted by molar-refractivity contribution is -0.115. The smallest absolute Gasteiger partial charge is 0.343 e. The molecule has 0 spiro atoms. The topological polar surface area (TPSA) is 190 Å². The maximum absolute atomic E-state index is 12.5. The maximum Gasteiger partial charge on any atom is 0.343 e. The molecule has 4 N–H and O–H groups in total. The lowest BCUT2D eigenvalue weighted by atomic mass is 10.1. The third-order valence-electron chi connectivity index (χ3n) is 8.15. The van der Waals surface area contributed by atoms with Crippen molar-refractivity contribution in [2.45, 2.75) is 26.9 Å². The third-order valence-corrected chi connectivity index (χ3v) is 8.15. The highest BCUT2D eigenvalue weighted by Gasteiger charge is 2.15. The molecule has 0 fully saturated rings. The minimum Gasteiger partial charge on any atom is -0.478 e. The van der Waals surface area contributed by atoms with E-state index in [4.69, 9.17) is 13.9 Å². The first-order chi connectivity index (χ1) is 27.5. The van der Waals surface area contributed by atoms with Crippen LogP contribution in [0.25, 0.3) is 0 Å². The van der Waals surface area contributed by atoms with Gasteiger partial charge in [-0.1, -0.05) is 49.4 Å². The molecule has 1 heterocycles. The number of carbonyl (C=O) groups is 6. The summed E-state index contributed by atoms with van der Waals surface area (Å²) < 4.78 is 15.7. The van der Waals surface area contributed by atoms with E-state index in [-0.39, 0.29) is 23.8 Å². The van der Waals surface area contributed by atoms with E-state index in [0.29, 0.717) is 57.0 Å². The maximum atomic E-state index is 12.5. The molecular weight excluding hydrogens is 730 g/mol. The van der Waals surface area contributed by atoms with E-state index < -0.39 is 29.7 Å². The standard InChI is InChI=1S/C24H21NO5.C20H16N2O5/c1-2-22(26)25-20-13-11-18(12-14-20)23(27)29-16-17-7-6-8-19(15-17)24(28)30-21-9-4-3-5-10-21;1-12-15(20(25)26)7-3-8-16(12)22-18(23)13-5-2-6-14(11-13)21-19(24)17-9-4-10-27-17/h3-15H,2,16H2,1H3,(H,25,26);2-11H,1H3,(H,21,24)(H,22,23)(H,25,26). The summed E-state index contributed by atoms with van der Waals surface area (Å²) >= 11 is 0. The van der Waals surface area contributed by atoms with Gasteiger partial charge in [-0.2, -0.15) is 0 Å². The van der Waals surface area contributed by atoms with Crippen LogP contribution in [0.4, 0.5) is 17.1 Å². The molecule has 3 amide bonds. The molecule has 0 aliphatic carbocycles. The Labute approximate surface area is 327 Å². The highest BCUT2D eigenvalue weighted by molar-refractivity contribution is 6.07. The molecule has 0 saturated carbocycles. The Hall–Kier alpha value is -7.80. The van der Waals surface area contributed by atoms with Crippen LogP contribution in [0, 0.1) is 6.92 Å². The van der Waals surface area contributed by atoms with Crippen molar-refractivity contribution in [3.63, 3.8) is 0 Å². The molecule has 0 aliphatic rings. The average molecular weight is 768 g/mol. The van der Waals surface area contributed by atoms with Gasteiger partial charge in [-0.15, -0.1) is 0 Å². The van der Waals surface area contributed by atoms with Crippen LogP contribution in [0.3, 0.4) is 0 Å². The summed E-state index contributed by atoms with van der Waals surface area (Å²) in [4.78, 5) is 71.7. The largest absolute Gasteiger partial charge is 0.478 e. The van der Waals surface area contributed by atoms with E-state index >= 15 is 0 Å². The van der Waals surface area contributed by atoms with Gasteiger partial charge in [0.2, 0.25) is 5.91 Å². The fourth-order valence-corrected chi connectivity index (χ4v) is 5.15. The molecule has 0 unspecified atom stereocenters. The van der Waals surface area contributed by atoms with Crippen molar-refractivity contribution in [1.29, 1.82) is 0 Å². The molecule has 57 heavy (non-hydrogen) atoms. The van der Waals surface area contributed by atoms with Crippen LogP contribution in [0.5, 0.6) is 5.75 Å². The Bertz CT molecular complexity index is 2370. The summed E-state index contributed by atoms with van der Waals surface area (Å²) in [6, 6.07) is 36.2. The molecule has 0 aliphatic heterocycles. The summed E-state index contributed by atoms with van der Waals surface area (Å²) in [5.74, 6) is -2.39. The van der Waals surface area contributed by atoms with Gasteiger partial charge >= 0.3 is 17.9 Å². The van der Waals surface area contributed by atoms with Crippen LogP contribution < -0.4 is 20.7 Å². The zero-order valence-corrected chi connectivity index (χ0v) is 30.8. The van der Waals surface area contributed by atoms with Gasteiger partial charge in [0.05, 0.1) is 23.0 Å². The average Bonchev–Trinajstić information content (AvgIpc) is 3.77. The molecule has 6 rings (SSSR count). The fourth-order valence-electron chi connectivity index (χ4n) is 5.15. The van der Waals surface area contributed by atoms with Gasteiger partial charge in [-0.3, -0.25) is 14.4 Å². The van der Waals surface area contributed by atoms with Crippen LogP contribution >= 0.6 is 0 Å². The first-order valence-corrected chi connectivity index (χ1v) is 17.5. The normalized spacial score (nSPS) is 10.2. The minimum absolute atomic E-state index is 0.0135. The van der Waals surface area contributed by atoms with Crippen LogP contribution in [-0.2, 0) is 16.1 Å². The number of ether oxygens (including phenoxy) is 2. The van der Waals surface area contributed by atoms with Gasteiger partial charge < -0.3 is 34.9 Å². The predicted octanol–water partition coefficient (Wildman–Crippen LogP) is 8.40. The molecule has 288 valence electrons. The second-order valence-electron chi connectivity index (χ2n) is 12.2. The number of nitrogens with one attached hydrogen (secondary N) is 3. The molecule has 0 saturated heterocycles. The lowest BCUT2D eigenvalue weighted by Crippen LogP contribution is -2.15. The number of aromatic carboxylic acids is 1. The minimum atomic E-state index is -1.06. The summed E-state index contributed by atoms with van der Waals surface area (Å²) in [5, 5.41) is 17.2. The van der Waals surface area contributed by atoms with Crippen molar-refractivity contribution in [2.24, 2.45) is 0 Å². The van der Waals surface area contributed by atoms with Crippen LogP contribution in [0.15, 0.2) is 144 Å². The van der Waals surface area contributed by atoms with Gasteiger partial charge in [0, 0.05) is 29.0 Å². The first kappa shape index (κ1) is 40.4. The molecule has 6 aromatic rings. The molecule has 0 bridgehead atoms. The molecule has 13 nitrogen and oxygen atoms in total. The van der Waals surface area contributed by atoms with Gasteiger partial charge in [0.25, 0.3) is 11.8 Å². The highest BCUT2D eigenvalue weighted by atomic mass is 16.5. The van der Waals surface area contributed by atoms with Crippen molar-refractivity contribution in [3.8, 4) is 5.75 Å². The molecule has 0 radical (unpaired) electrons. The Morgan fingerprint density at radius 1 is 0.632 bits per heavy atom. The number of para-hydroxylation sites is 1. The summed E-state index contributed by atoms with van der Waals surface area (Å²) in [7, 11) is 0. The second-order valence-corrected chi connectivity index (χ2v) is 12.2. The zero-order chi connectivity index (χ0) is 40.7. The Kier molecular flexibility index (Phi) is 13.8. The number of carbonyl (C=O) groups excluding carboxylic acids is 5.